The molecule has 0 unspecified atom stereocenters. The summed E-state index contributed by atoms with van der Waals surface area (Å²) in [4.78, 5) is 34.8. The first kappa shape index (κ1) is 16.3. The van der Waals surface area contributed by atoms with Gasteiger partial charge < -0.3 is 19.2 Å². The number of nitrogens with one attached hydrogen (secondary N) is 1. The molecule has 0 aliphatic rings. The molecular formula is C16H15NO6. The fraction of sp³-hybridized carbons (Fsp3) is 0.188. The highest BCUT2D eigenvalue weighted by Gasteiger charge is 2.14. The van der Waals surface area contributed by atoms with Gasteiger partial charge >= 0.3 is 11.9 Å². The van der Waals surface area contributed by atoms with E-state index >= 15 is 0 Å². The first-order chi connectivity index (χ1) is 11.0. The lowest BCUT2D eigenvalue weighted by molar-refractivity contribution is -0.119. The molecule has 0 saturated heterocycles. The number of rotatable bonds is 5. The Labute approximate surface area is 132 Å². The summed E-state index contributed by atoms with van der Waals surface area (Å²) in [5.74, 6) is -1.17. The average molecular weight is 317 g/mol. The van der Waals surface area contributed by atoms with E-state index in [1.165, 1.54) is 31.6 Å². The van der Waals surface area contributed by atoms with Crippen LogP contribution in [-0.2, 0) is 14.3 Å². The van der Waals surface area contributed by atoms with E-state index in [4.69, 9.17) is 9.15 Å². The van der Waals surface area contributed by atoms with Crippen LogP contribution < -0.4 is 5.32 Å². The summed E-state index contributed by atoms with van der Waals surface area (Å²) >= 11 is 0. The Morgan fingerprint density at radius 3 is 2.35 bits per heavy atom. The maximum Gasteiger partial charge on any atom is 0.342 e. The molecule has 0 aliphatic heterocycles. The van der Waals surface area contributed by atoms with Crippen molar-refractivity contribution >= 4 is 23.5 Å². The molecule has 0 atom stereocenters. The van der Waals surface area contributed by atoms with Crippen molar-refractivity contribution in [1.29, 1.82) is 0 Å². The summed E-state index contributed by atoms with van der Waals surface area (Å²) in [5, 5.41) is 2.55. The second-order valence-electron chi connectivity index (χ2n) is 4.58. The number of carbonyl (C=O) groups excluding carboxylic acids is 3. The quantitative estimate of drug-likeness (QED) is 0.849. The molecule has 0 aliphatic carbocycles. The van der Waals surface area contributed by atoms with Gasteiger partial charge in [-0.05, 0) is 37.3 Å². The van der Waals surface area contributed by atoms with Crippen LogP contribution in [0.2, 0.25) is 0 Å². The lowest BCUT2D eigenvalue weighted by atomic mass is 10.2. The van der Waals surface area contributed by atoms with Crippen molar-refractivity contribution in [2.24, 2.45) is 0 Å². The number of aryl methyl sites for hydroxylation is 1. The highest BCUT2D eigenvalue weighted by atomic mass is 16.5. The first-order valence-corrected chi connectivity index (χ1v) is 6.70. The summed E-state index contributed by atoms with van der Waals surface area (Å²) in [6.07, 6.45) is 1.37. The van der Waals surface area contributed by atoms with E-state index in [9.17, 15) is 14.4 Å². The van der Waals surface area contributed by atoms with Gasteiger partial charge in [-0.25, -0.2) is 9.59 Å². The zero-order chi connectivity index (χ0) is 16.8. The first-order valence-electron chi connectivity index (χ1n) is 6.70. The third kappa shape index (κ3) is 4.19. The van der Waals surface area contributed by atoms with Gasteiger partial charge in [-0.15, -0.1) is 0 Å². The highest BCUT2D eigenvalue weighted by Crippen LogP contribution is 2.12. The fourth-order valence-electron chi connectivity index (χ4n) is 1.81. The van der Waals surface area contributed by atoms with Gasteiger partial charge in [0.05, 0.1) is 18.9 Å². The highest BCUT2D eigenvalue weighted by molar-refractivity contribution is 5.96. The second kappa shape index (κ2) is 7.26. The van der Waals surface area contributed by atoms with Crippen LogP contribution in [0.25, 0.3) is 0 Å². The molecule has 0 radical (unpaired) electrons. The number of hydrogen-bond acceptors (Lipinski definition) is 6. The Morgan fingerprint density at radius 1 is 1.09 bits per heavy atom. The SMILES string of the molecule is COC(=O)c1ccc(NC(=O)COC(=O)c2ccoc2C)cc1. The number of methoxy groups -OCH3 is 1. The topological polar surface area (TPSA) is 94.8 Å². The zero-order valence-corrected chi connectivity index (χ0v) is 12.6. The van der Waals surface area contributed by atoms with Crippen LogP contribution >= 0.6 is 0 Å². The van der Waals surface area contributed by atoms with Gasteiger partial charge in [-0.3, -0.25) is 4.79 Å². The Kier molecular flexibility index (Phi) is 5.14. The van der Waals surface area contributed by atoms with Gasteiger partial charge in [-0.1, -0.05) is 0 Å². The summed E-state index contributed by atoms with van der Waals surface area (Å²) in [5.41, 5.74) is 1.12. The lowest BCUT2D eigenvalue weighted by Gasteiger charge is -2.07. The number of ether oxygens (including phenoxy) is 2. The summed E-state index contributed by atoms with van der Waals surface area (Å²) in [6.45, 7) is 1.20. The van der Waals surface area contributed by atoms with Crippen molar-refractivity contribution < 1.29 is 28.3 Å². The minimum absolute atomic E-state index is 0.278. The number of amides is 1. The third-order valence-corrected chi connectivity index (χ3v) is 3.00. The lowest BCUT2D eigenvalue weighted by Crippen LogP contribution is -2.21. The normalized spacial score (nSPS) is 10.0. The molecule has 1 N–H and O–H groups in total. The summed E-state index contributed by atoms with van der Waals surface area (Å²) in [7, 11) is 1.29. The molecule has 7 nitrogen and oxygen atoms in total. The van der Waals surface area contributed by atoms with Crippen LogP contribution in [0, 0.1) is 6.92 Å². The zero-order valence-electron chi connectivity index (χ0n) is 12.6. The average Bonchev–Trinajstić information content (AvgIpc) is 2.98. The van der Waals surface area contributed by atoms with Crippen LogP contribution in [0.4, 0.5) is 5.69 Å². The Bertz CT molecular complexity index is 716. The van der Waals surface area contributed by atoms with E-state index in [0.717, 1.165) is 0 Å². The summed E-state index contributed by atoms with van der Waals surface area (Å²) < 4.78 is 14.5. The van der Waals surface area contributed by atoms with Crippen molar-refractivity contribution in [2.75, 3.05) is 19.0 Å². The molecule has 1 amide bonds. The number of carbonyl (C=O) groups is 3. The predicted molar refractivity (Wildman–Crippen MR) is 80.1 cm³/mol. The largest absolute Gasteiger partial charge is 0.469 e. The number of benzene rings is 1. The Hall–Kier alpha value is -3.09. The maximum absolute atomic E-state index is 11.7. The fourth-order valence-corrected chi connectivity index (χ4v) is 1.81. The van der Waals surface area contributed by atoms with E-state index < -0.39 is 24.5 Å². The van der Waals surface area contributed by atoms with Crippen LogP contribution in [0.5, 0.6) is 0 Å². The molecule has 2 rings (SSSR count). The third-order valence-electron chi connectivity index (χ3n) is 3.00. The molecule has 1 heterocycles. The standard InChI is InChI=1S/C16H15NO6/c1-10-13(7-8-22-10)16(20)23-9-14(18)17-12-5-3-11(4-6-12)15(19)21-2/h3-8H,9H2,1-2H3,(H,17,18). The number of furan rings is 1. The molecule has 120 valence electrons. The van der Waals surface area contributed by atoms with Gasteiger partial charge in [-0.2, -0.15) is 0 Å². The van der Waals surface area contributed by atoms with E-state index in [1.54, 1.807) is 19.1 Å². The number of hydrogen-bond donors (Lipinski definition) is 1. The van der Waals surface area contributed by atoms with Gasteiger partial charge in [0.1, 0.15) is 11.3 Å². The van der Waals surface area contributed by atoms with E-state index in [0.29, 0.717) is 17.0 Å². The van der Waals surface area contributed by atoms with Crippen LogP contribution in [-0.4, -0.2) is 31.6 Å². The van der Waals surface area contributed by atoms with E-state index in [2.05, 4.69) is 10.1 Å². The Morgan fingerprint density at radius 2 is 1.78 bits per heavy atom. The molecular weight excluding hydrogens is 302 g/mol. The monoisotopic (exact) mass is 317 g/mol. The summed E-state index contributed by atoms with van der Waals surface area (Å²) in [6, 6.07) is 7.60. The Balaban J connectivity index is 1.86. The molecule has 0 fully saturated rings. The minimum Gasteiger partial charge on any atom is -0.469 e. The van der Waals surface area contributed by atoms with Crippen molar-refractivity contribution in [3.8, 4) is 0 Å². The maximum atomic E-state index is 11.7. The smallest absolute Gasteiger partial charge is 0.342 e. The molecule has 23 heavy (non-hydrogen) atoms. The van der Waals surface area contributed by atoms with Crippen molar-refractivity contribution in [1.82, 2.24) is 0 Å². The molecule has 0 bridgehead atoms. The van der Waals surface area contributed by atoms with E-state index in [1.807, 2.05) is 0 Å². The molecule has 1 aromatic heterocycles. The molecule has 0 spiro atoms. The van der Waals surface area contributed by atoms with Gasteiger partial charge in [0.15, 0.2) is 6.61 Å². The number of anilines is 1. The van der Waals surface area contributed by atoms with Gasteiger partial charge in [0.2, 0.25) is 0 Å². The minimum atomic E-state index is -0.632. The van der Waals surface area contributed by atoms with Gasteiger partial charge in [0.25, 0.3) is 5.91 Å². The molecule has 2 aromatic rings. The van der Waals surface area contributed by atoms with E-state index in [-0.39, 0.29) is 5.56 Å². The predicted octanol–water partition coefficient (Wildman–Crippen LogP) is 2.17. The van der Waals surface area contributed by atoms with Crippen molar-refractivity contribution in [3.05, 3.63) is 53.5 Å². The number of esters is 2. The molecule has 1 aromatic carbocycles. The van der Waals surface area contributed by atoms with Crippen LogP contribution in [0.15, 0.2) is 41.0 Å². The molecule has 0 saturated carbocycles. The molecule has 7 heteroatoms. The van der Waals surface area contributed by atoms with Crippen molar-refractivity contribution in [3.63, 3.8) is 0 Å². The second-order valence-corrected chi connectivity index (χ2v) is 4.58. The van der Waals surface area contributed by atoms with Crippen molar-refractivity contribution in [2.45, 2.75) is 6.92 Å². The van der Waals surface area contributed by atoms with Gasteiger partial charge in [0, 0.05) is 5.69 Å². The van der Waals surface area contributed by atoms with Crippen LogP contribution in [0.1, 0.15) is 26.5 Å². The van der Waals surface area contributed by atoms with Crippen LogP contribution in [0.3, 0.4) is 0 Å².